The molecule has 0 saturated carbocycles. The summed E-state index contributed by atoms with van der Waals surface area (Å²) in [7, 11) is 0. The number of aromatic amines is 1. The van der Waals surface area contributed by atoms with Crippen LogP contribution in [0, 0.1) is 13.8 Å². The molecule has 0 fully saturated rings. The molecule has 20 heavy (non-hydrogen) atoms. The molecule has 3 aromatic rings. The summed E-state index contributed by atoms with van der Waals surface area (Å²) >= 11 is 0. The predicted molar refractivity (Wildman–Crippen MR) is 77.1 cm³/mol. The molecule has 0 aromatic carbocycles. The lowest BCUT2D eigenvalue weighted by atomic mass is 10.3. The third-order valence-electron chi connectivity index (χ3n) is 3.30. The number of nitrogens with zero attached hydrogens (tertiary/aromatic N) is 5. The van der Waals surface area contributed by atoms with Gasteiger partial charge in [0.05, 0.1) is 17.3 Å². The van der Waals surface area contributed by atoms with E-state index < -0.39 is 0 Å². The molecule has 0 saturated heterocycles. The fraction of sp³-hybridized carbons (Fsp3) is 0.385. The van der Waals surface area contributed by atoms with Crippen molar-refractivity contribution in [2.24, 2.45) is 0 Å². The minimum absolute atomic E-state index is 0.601. The van der Waals surface area contributed by atoms with E-state index in [-0.39, 0.29) is 0 Å². The van der Waals surface area contributed by atoms with Crippen molar-refractivity contribution in [3.63, 3.8) is 0 Å². The number of hydrogen-bond acceptors (Lipinski definition) is 5. The molecule has 0 spiro atoms. The van der Waals surface area contributed by atoms with Crippen LogP contribution in [-0.4, -0.2) is 36.3 Å². The first-order valence-corrected chi connectivity index (χ1v) is 6.66. The lowest BCUT2D eigenvalue weighted by Gasteiger charge is -2.09. The van der Waals surface area contributed by atoms with Crippen LogP contribution in [0.1, 0.15) is 24.7 Å². The van der Waals surface area contributed by atoms with Gasteiger partial charge in [0, 0.05) is 12.2 Å². The molecule has 0 bridgehead atoms. The van der Waals surface area contributed by atoms with Gasteiger partial charge in [0.15, 0.2) is 11.5 Å². The first-order chi connectivity index (χ1) is 9.70. The molecule has 7 heteroatoms. The maximum absolute atomic E-state index is 4.60. The van der Waals surface area contributed by atoms with Crippen LogP contribution in [0.5, 0.6) is 0 Å². The second kappa shape index (κ2) is 4.92. The lowest BCUT2D eigenvalue weighted by Crippen LogP contribution is -2.08. The Morgan fingerprint density at radius 1 is 1.30 bits per heavy atom. The van der Waals surface area contributed by atoms with Gasteiger partial charge in [0.2, 0.25) is 5.95 Å². The van der Waals surface area contributed by atoms with Crippen molar-refractivity contribution in [2.45, 2.75) is 27.2 Å². The number of fused-ring (bicyclic) bond motifs is 1. The van der Waals surface area contributed by atoms with Gasteiger partial charge in [-0.1, -0.05) is 6.92 Å². The van der Waals surface area contributed by atoms with Crippen LogP contribution in [0.4, 0.5) is 5.95 Å². The molecule has 0 radical (unpaired) electrons. The Morgan fingerprint density at radius 2 is 2.15 bits per heavy atom. The normalized spacial score (nSPS) is 11.2. The highest BCUT2D eigenvalue weighted by molar-refractivity contribution is 5.83. The third-order valence-corrected chi connectivity index (χ3v) is 3.30. The largest absolute Gasteiger partial charge is 0.354 e. The topological polar surface area (TPSA) is 84.3 Å². The Hall–Kier alpha value is -2.44. The lowest BCUT2D eigenvalue weighted by molar-refractivity contribution is 0.924. The minimum atomic E-state index is 0.601. The predicted octanol–water partition coefficient (Wildman–Crippen LogP) is 1.98. The summed E-state index contributed by atoms with van der Waals surface area (Å²) in [5, 5.41) is 11.0. The van der Waals surface area contributed by atoms with Crippen LogP contribution in [0.3, 0.4) is 0 Å². The Balaban J connectivity index is 2.17. The molecule has 2 N–H and O–H groups in total. The van der Waals surface area contributed by atoms with Gasteiger partial charge in [-0.2, -0.15) is 15.1 Å². The molecule has 3 aromatic heterocycles. The minimum Gasteiger partial charge on any atom is -0.354 e. The zero-order valence-corrected chi connectivity index (χ0v) is 11.8. The number of hydrogen-bond donors (Lipinski definition) is 2. The van der Waals surface area contributed by atoms with Crippen molar-refractivity contribution >= 4 is 17.0 Å². The Kier molecular flexibility index (Phi) is 3.09. The zero-order chi connectivity index (χ0) is 14.1. The molecule has 0 amide bonds. The van der Waals surface area contributed by atoms with E-state index in [0.717, 1.165) is 41.2 Å². The smallest absolute Gasteiger partial charge is 0.226 e. The van der Waals surface area contributed by atoms with Crippen molar-refractivity contribution in [3.05, 3.63) is 23.9 Å². The molecular weight excluding hydrogens is 254 g/mol. The van der Waals surface area contributed by atoms with Crippen molar-refractivity contribution < 1.29 is 0 Å². The van der Waals surface area contributed by atoms with Crippen LogP contribution in [0.2, 0.25) is 0 Å². The highest BCUT2D eigenvalue weighted by Crippen LogP contribution is 2.21. The SMILES string of the molecule is CCCNc1nc(-n2cnc(C)c2C)c2cn[nH]c2n1. The van der Waals surface area contributed by atoms with Gasteiger partial charge in [0.1, 0.15) is 6.33 Å². The standard InChI is InChI=1S/C13H17N7/c1-4-5-14-13-17-11-10(6-16-19-11)12(18-13)20-7-15-8(2)9(20)3/h6-7H,4-5H2,1-3H3,(H2,14,16,17,18,19). The third kappa shape index (κ3) is 2.01. The number of anilines is 1. The Morgan fingerprint density at radius 3 is 2.85 bits per heavy atom. The first kappa shape index (κ1) is 12.6. The molecule has 7 nitrogen and oxygen atoms in total. The average molecular weight is 271 g/mol. The van der Waals surface area contributed by atoms with Crippen molar-refractivity contribution in [2.75, 3.05) is 11.9 Å². The fourth-order valence-corrected chi connectivity index (χ4v) is 2.03. The van der Waals surface area contributed by atoms with E-state index in [9.17, 15) is 0 Å². The van der Waals surface area contributed by atoms with Gasteiger partial charge < -0.3 is 5.32 Å². The molecule has 3 heterocycles. The second-order valence-corrected chi connectivity index (χ2v) is 4.72. The Labute approximate surface area is 116 Å². The molecule has 3 rings (SSSR count). The average Bonchev–Trinajstić information content (AvgIpc) is 3.04. The number of H-pyrrole nitrogens is 1. The van der Waals surface area contributed by atoms with Gasteiger partial charge in [-0.05, 0) is 20.3 Å². The monoisotopic (exact) mass is 271 g/mol. The molecule has 0 atom stereocenters. The van der Waals surface area contributed by atoms with E-state index in [4.69, 9.17) is 0 Å². The summed E-state index contributed by atoms with van der Waals surface area (Å²) < 4.78 is 1.96. The molecular formula is C13H17N7. The summed E-state index contributed by atoms with van der Waals surface area (Å²) in [4.78, 5) is 13.3. The van der Waals surface area contributed by atoms with E-state index in [1.54, 1.807) is 12.5 Å². The Bertz CT molecular complexity index is 740. The van der Waals surface area contributed by atoms with Crippen molar-refractivity contribution in [3.8, 4) is 5.82 Å². The summed E-state index contributed by atoms with van der Waals surface area (Å²) in [6.07, 6.45) is 4.54. The van der Waals surface area contributed by atoms with E-state index >= 15 is 0 Å². The van der Waals surface area contributed by atoms with Gasteiger partial charge in [-0.25, -0.2) is 4.98 Å². The van der Waals surface area contributed by atoms with Gasteiger partial charge in [0.25, 0.3) is 0 Å². The van der Waals surface area contributed by atoms with Crippen LogP contribution < -0.4 is 5.32 Å². The van der Waals surface area contributed by atoms with Gasteiger partial charge in [-0.3, -0.25) is 9.67 Å². The highest BCUT2D eigenvalue weighted by Gasteiger charge is 2.13. The van der Waals surface area contributed by atoms with E-state index in [1.165, 1.54) is 0 Å². The second-order valence-electron chi connectivity index (χ2n) is 4.72. The van der Waals surface area contributed by atoms with Gasteiger partial charge in [-0.15, -0.1) is 0 Å². The van der Waals surface area contributed by atoms with Crippen LogP contribution in [0.25, 0.3) is 16.9 Å². The summed E-state index contributed by atoms with van der Waals surface area (Å²) in [6, 6.07) is 0. The summed E-state index contributed by atoms with van der Waals surface area (Å²) in [5.41, 5.74) is 2.77. The number of aromatic nitrogens is 6. The van der Waals surface area contributed by atoms with Crippen LogP contribution >= 0.6 is 0 Å². The summed E-state index contributed by atoms with van der Waals surface area (Å²) in [5.74, 6) is 1.39. The number of nitrogens with one attached hydrogen (secondary N) is 2. The molecule has 104 valence electrons. The van der Waals surface area contributed by atoms with Crippen molar-refractivity contribution in [1.82, 2.24) is 29.7 Å². The maximum Gasteiger partial charge on any atom is 0.226 e. The quantitative estimate of drug-likeness (QED) is 0.758. The summed E-state index contributed by atoms with van der Waals surface area (Å²) in [6.45, 7) is 6.94. The number of aryl methyl sites for hydroxylation is 1. The molecule has 0 aliphatic rings. The number of imidazole rings is 1. The highest BCUT2D eigenvalue weighted by atomic mass is 15.2. The van der Waals surface area contributed by atoms with E-state index in [2.05, 4.69) is 37.4 Å². The van der Waals surface area contributed by atoms with Crippen LogP contribution in [-0.2, 0) is 0 Å². The molecule has 0 unspecified atom stereocenters. The maximum atomic E-state index is 4.60. The van der Waals surface area contributed by atoms with Crippen molar-refractivity contribution in [1.29, 1.82) is 0 Å². The first-order valence-electron chi connectivity index (χ1n) is 6.66. The fourth-order valence-electron chi connectivity index (χ4n) is 2.03. The van der Waals surface area contributed by atoms with Gasteiger partial charge >= 0.3 is 0 Å². The molecule has 0 aliphatic heterocycles. The van der Waals surface area contributed by atoms with E-state index in [1.807, 2.05) is 18.4 Å². The van der Waals surface area contributed by atoms with E-state index in [0.29, 0.717) is 5.95 Å². The van der Waals surface area contributed by atoms with Crippen LogP contribution in [0.15, 0.2) is 12.5 Å². The molecule has 0 aliphatic carbocycles. The number of rotatable bonds is 4. The zero-order valence-electron chi connectivity index (χ0n) is 11.8.